The topological polar surface area (TPSA) is 114 Å². The van der Waals surface area contributed by atoms with E-state index in [9.17, 15) is 20.0 Å². The molecule has 0 aromatic heterocycles. The van der Waals surface area contributed by atoms with E-state index in [4.69, 9.17) is 21.1 Å². The van der Waals surface area contributed by atoms with Gasteiger partial charge in [0.25, 0.3) is 11.6 Å². The van der Waals surface area contributed by atoms with Crippen LogP contribution in [0.1, 0.15) is 16.8 Å². The average molecular weight is 436 g/mol. The summed E-state index contributed by atoms with van der Waals surface area (Å²) in [4.78, 5) is 24.9. The first-order chi connectivity index (χ1) is 14.4. The SMILES string of the molecule is O=C(Nc1ccc([N+](=O)[O-])cc1Cl)c1ccc(OCCCN2CCOCC2)cc1O. The third kappa shape index (κ3) is 5.82. The summed E-state index contributed by atoms with van der Waals surface area (Å²) in [6.07, 6.45) is 0.835. The molecule has 1 aliphatic rings. The quantitative estimate of drug-likeness (QED) is 0.371. The number of amides is 1. The number of nitrogens with one attached hydrogen (secondary N) is 1. The van der Waals surface area contributed by atoms with E-state index >= 15 is 0 Å². The van der Waals surface area contributed by atoms with E-state index in [-0.39, 0.29) is 27.7 Å². The number of phenolic OH excluding ortho intramolecular Hbond substituents is 1. The Hall–Kier alpha value is -2.88. The minimum atomic E-state index is -0.595. The first kappa shape index (κ1) is 21.8. The van der Waals surface area contributed by atoms with Crippen LogP contribution in [-0.4, -0.2) is 60.3 Å². The van der Waals surface area contributed by atoms with Crippen LogP contribution in [0.2, 0.25) is 5.02 Å². The maximum atomic E-state index is 12.4. The fourth-order valence-corrected chi connectivity index (χ4v) is 3.23. The van der Waals surface area contributed by atoms with Crippen molar-refractivity contribution in [3.05, 3.63) is 57.1 Å². The van der Waals surface area contributed by atoms with Crippen molar-refractivity contribution >= 4 is 28.9 Å². The Morgan fingerprint density at radius 1 is 1.27 bits per heavy atom. The van der Waals surface area contributed by atoms with Crippen molar-refractivity contribution in [2.45, 2.75) is 6.42 Å². The number of non-ortho nitro benzene ring substituents is 1. The monoisotopic (exact) mass is 435 g/mol. The Labute approximate surface area is 178 Å². The maximum Gasteiger partial charge on any atom is 0.271 e. The molecule has 0 unspecified atom stereocenters. The first-order valence-electron chi connectivity index (χ1n) is 9.45. The molecule has 2 N–H and O–H groups in total. The summed E-state index contributed by atoms with van der Waals surface area (Å²) in [6, 6.07) is 8.13. The summed E-state index contributed by atoms with van der Waals surface area (Å²) in [5.41, 5.74) is 0.0520. The maximum absolute atomic E-state index is 12.4. The van der Waals surface area contributed by atoms with Crippen molar-refractivity contribution < 1.29 is 24.3 Å². The summed E-state index contributed by atoms with van der Waals surface area (Å²) in [5.74, 6) is -0.377. The number of morpholine rings is 1. The molecule has 1 heterocycles. The van der Waals surface area contributed by atoms with Gasteiger partial charge in [0.2, 0.25) is 0 Å². The van der Waals surface area contributed by atoms with Crippen molar-refractivity contribution in [2.75, 3.05) is 44.8 Å². The highest BCUT2D eigenvalue weighted by Gasteiger charge is 2.16. The van der Waals surface area contributed by atoms with E-state index in [0.29, 0.717) is 12.4 Å². The van der Waals surface area contributed by atoms with Gasteiger partial charge in [0.05, 0.1) is 41.0 Å². The molecule has 3 rings (SSSR count). The van der Waals surface area contributed by atoms with Crippen LogP contribution in [0, 0.1) is 10.1 Å². The molecule has 10 heteroatoms. The van der Waals surface area contributed by atoms with Crippen LogP contribution in [0.5, 0.6) is 11.5 Å². The zero-order chi connectivity index (χ0) is 21.5. The number of hydrogen-bond donors (Lipinski definition) is 2. The minimum Gasteiger partial charge on any atom is -0.507 e. The van der Waals surface area contributed by atoms with Crippen LogP contribution in [-0.2, 0) is 4.74 Å². The summed E-state index contributed by atoms with van der Waals surface area (Å²) >= 11 is 5.99. The van der Waals surface area contributed by atoms with E-state index in [0.717, 1.165) is 45.3 Å². The van der Waals surface area contributed by atoms with Crippen molar-refractivity contribution in [1.82, 2.24) is 4.90 Å². The Morgan fingerprint density at radius 3 is 2.70 bits per heavy atom. The molecular formula is C20H22ClN3O6. The Morgan fingerprint density at radius 2 is 2.03 bits per heavy atom. The van der Waals surface area contributed by atoms with Gasteiger partial charge in [-0.3, -0.25) is 19.8 Å². The van der Waals surface area contributed by atoms with E-state index in [1.54, 1.807) is 6.07 Å². The molecule has 0 atom stereocenters. The van der Waals surface area contributed by atoms with Gasteiger partial charge in [-0.05, 0) is 24.6 Å². The third-order valence-electron chi connectivity index (χ3n) is 4.62. The normalized spacial score (nSPS) is 14.3. The number of anilines is 1. The fraction of sp³-hybridized carbons (Fsp3) is 0.350. The number of rotatable bonds is 8. The number of nitro benzene ring substituents is 1. The highest BCUT2D eigenvalue weighted by Crippen LogP contribution is 2.29. The van der Waals surface area contributed by atoms with Crippen LogP contribution < -0.4 is 10.1 Å². The van der Waals surface area contributed by atoms with Gasteiger partial charge in [0, 0.05) is 37.8 Å². The number of ether oxygens (including phenoxy) is 2. The minimum absolute atomic E-state index is 0.0252. The third-order valence-corrected chi connectivity index (χ3v) is 4.93. The Balaban J connectivity index is 1.54. The summed E-state index contributed by atoms with van der Waals surface area (Å²) in [7, 11) is 0. The molecule has 2 aromatic rings. The van der Waals surface area contributed by atoms with E-state index in [1.165, 1.54) is 24.3 Å². The van der Waals surface area contributed by atoms with Crippen LogP contribution in [0.3, 0.4) is 0 Å². The lowest BCUT2D eigenvalue weighted by Gasteiger charge is -2.26. The van der Waals surface area contributed by atoms with Gasteiger partial charge in [-0.25, -0.2) is 0 Å². The summed E-state index contributed by atoms with van der Waals surface area (Å²) in [6.45, 7) is 4.74. The summed E-state index contributed by atoms with van der Waals surface area (Å²) in [5, 5.41) is 23.5. The number of carbonyl (C=O) groups is 1. The van der Waals surface area contributed by atoms with E-state index in [1.807, 2.05) is 0 Å². The molecule has 160 valence electrons. The standard InChI is InChI=1S/C20H22ClN3O6/c21-17-12-14(24(27)28)2-5-18(17)22-20(26)16-4-3-15(13-19(16)25)30-9-1-6-23-7-10-29-11-8-23/h2-5,12-13,25H,1,6-11H2,(H,22,26). The van der Waals surface area contributed by atoms with Crippen molar-refractivity contribution in [2.24, 2.45) is 0 Å². The van der Waals surface area contributed by atoms with E-state index in [2.05, 4.69) is 10.2 Å². The molecule has 1 aliphatic heterocycles. The smallest absolute Gasteiger partial charge is 0.271 e. The molecule has 9 nitrogen and oxygen atoms in total. The molecule has 0 aliphatic carbocycles. The average Bonchev–Trinajstić information content (AvgIpc) is 2.73. The zero-order valence-corrected chi connectivity index (χ0v) is 16.9. The van der Waals surface area contributed by atoms with Gasteiger partial charge in [-0.15, -0.1) is 0 Å². The predicted molar refractivity (Wildman–Crippen MR) is 112 cm³/mol. The number of nitro groups is 1. The van der Waals surface area contributed by atoms with Crippen LogP contribution in [0.4, 0.5) is 11.4 Å². The largest absolute Gasteiger partial charge is 0.507 e. The molecule has 0 radical (unpaired) electrons. The van der Waals surface area contributed by atoms with Gasteiger partial charge in [0.15, 0.2) is 0 Å². The molecular weight excluding hydrogens is 414 g/mol. The summed E-state index contributed by atoms with van der Waals surface area (Å²) < 4.78 is 11.0. The Kier molecular flexibility index (Phi) is 7.45. The van der Waals surface area contributed by atoms with Gasteiger partial charge in [-0.1, -0.05) is 11.6 Å². The number of nitrogens with zero attached hydrogens (tertiary/aromatic N) is 2. The second-order valence-electron chi connectivity index (χ2n) is 6.71. The molecule has 0 spiro atoms. The Bertz CT molecular complexity index is 917. The van der Waals surface area contributed by atoms with Gasteiger partial charge in [0.1, 0.15) is 11.5 Å². The van der Waals surface area contributed by atoms with Crippen molar-refractivity contribution in [1.29, 1.82) is 0 Å². The highest BCUT2D eigenvalue weighted by molar-refractivity contribution is 6.34. The molecule has 30 heavy (non-hydrogen) atoms. The van der Waals surface area contributed by atoms with Crippen LogP contribution in [0.25, 0.3) is 0 Å². The lowest BCUT2D eigenvalue weighted by molar-refractivity contribution is -0.384. The van der Waals surface area contributed by atoms with Gasteiger partial charge in [-0.2, -0.15) is 0 Å². The van der Waals surface area contributed by atoms with Gasteiger partial charge >= 0.3 is 0 Å². The number of halogens is 1. The lowest BCUT2D eigenvalue weighted by Crippen LogP contribution is -2.37. The molecule has 0 bridgehead atoms. The van der Waals surface area contributed by atoms with Crippen LogP contribution in [0.15, 0.2) is 36.4 Å². The van der Waals surface area contributed by atoms with E-state index < -0.39 is 10.8 Å². The predicted octanol–water partition coefficient (Wildman–Crippen LogP) is 3.31. The zero-order valence-electron chi connectivity index (χ0n) is 16.2. The first-order valence-corrected chi connectivity index (χ1v) is 9.83. The highest BCUT2D eigenvalue weighted by atomic mass is 35.5. The number of hydrogen-bond acceptors (Lipinski definition) is 7. The molecule has 0 saturated carbocycles. The molecule has 1 saturated heterocycles. The molecule has 1 amide bonds. The van der Waals surface area contributed by atoms with Crippen molar-refractivity contribution in [3.8, 4) is 11.5 Å². The number of aromatic hydroxyl groups is 1. The molecule has 2 aromatic carbocycles. The second kappa shape index (κ2) is 10.2. The second-order valence-corrected chi connectivity index (χ2v) is 7.12. The number of carbonyl (C=O) groups excluding carboxylic acids is 1. The lowest BCUT2D eigenvalue weighted by atomic mass is 10.1. The van der Waals surface area contributed by atoms with Crippen molar-refractivity contribution in [3.63, 3.8) is 0 Å². The molecule has 1 fully saturated rings. The fourth-order valence-electron chi connectivity index (χ4n) is 3.00. The number of benzene rings is 2. The van der Waals surface area contributed by atoms with Gasteiger partial charge < -0.3 is 19.9 Å². The van der Waals surface area contributed by atoms with Crippen LogP contribution >= 0.6 is 11.6 Å². The number of phenols is 1.